The highest BCUT2D eigenvalue weighted by Gasteiger charge is 2.27. The number of Topliss-reactive ketones (excluding diaryl/α,β-unsaturated/α-hetero) is 2. The smallest absolute Gasteiger partial charge is 0.315 e. The van der Waals surface area contributed by atoms with E-state index in [-0.39, 0.29) is 58.4 Å². The molecule has 0 bridgehead atoms. The van der Waals surface area contributed by atoms with Crippen molar-refractivity contribution in [3.05, 3.63) is 53.6 Å². The third-order valence-corrected chi connectivity index (χ3v) is 6.72. The molecule has 0 heterocycles. The van der Waals surface area contributed by atoms with Gasteiger partial charge >= 0.3 is 11.9 Å². The molecule has 0 N–H and O–H groups in total. The normalized spacial score (nSPS) is 12.4. The van der Waals surface area contributed by atoms with Crippen LogP contribution in [0.25, 0.3) is 11.1 Å². The van der Waals surface area contributed by atoms with Crippen molar-refractivity contribution in [3.8, 4) is 16.9 Å². The van der Waals surface area contributed by atoms with Crippen LogP contribution in [0.3, 0.4) is 0 Å². The number of ketones is 2. The molecule has 0 saturated carbocycles. The van der Waals surface area contributed by atoms with E-state index in [1.807, 2.05) is 0 Å². The molecule has 2 rings (SSSR count). The second-order valence-corrected chi connectivity index (χ2v) is 9.62. The van der Waals surface area contributed by atoms with Gasteiger partial charge in [0.2, 0.25) is 5.12 Å². The van der Waals surface area contributed by atoms with E-state index in [2.05, 4.69) is 12.6 Å². The molecule has 0 aliphatic carbocycles. The SMILES string of the molecule is COC(=O)C(CSC(=O)c1cc(-c2ccc(F)cc2F)ccc1OC(=O)C(CS)CC(C)=O)CC(C)=O. The second-order valence-electron chi connectivity index (χ2n) is 8.27. The molecular formula is C26H26F2O7S2. The quantitative estimate of drug-likeness (QED) is 0.230. The molecule has 37 heavy (non-hydrogen) atoms. The Balaban J connectivity index is 2.44. The van der Waals surface area contributed by atoms with Gasteiger partial charge in [-0.1, -0.05) is 17.8 Å². The Morgan fingerprint density at radius 3 is 2.14 bits per heavy atom. The Hall–Kier alpha value is -3.05. The van der Waals surface area contributed by atoms with Gasteiger partial charge in [0.25, 0.3) is 0 Å². The number of halogens is 2. The number of hydrogen-bond donors (Lipinski definition) is 1. The fraction of sp³-hybridized carbons (Fsp3) is 0.346. The van der Waals surface area contributed by atoms with E-state index in [1.165, 1.54) is 45.2 Å². The number of esters is 2. The maximum atomic E-state index is 14.4. The predicted molar refractivity (Wildman–Crippen MR) is 138 cm³/mol. The number of benzene rings is 2. The van der Waals surface area contributed by atoms with E-state index < -0.39 is 40.5 Å². The van der Waals surface area contributed by atoms with E-state index in [0.717, 1.165) is 6.07 Å². The van der Waals surface area contributed by atoms with Crippen molar-refractivity contribution in [1.29, 1.82) is 0 Å². The molecule has 2 atom stereocenters. The van der Waals surface area contributed by atoms with Crippen LogP contribution in [0.4, 0.5) is 8.78 Å². The number of carbonyl (C=O) groups excluding carboxylic acids is 5. The molecule has 2 unspecified atom stereocenters. The van der Waals surface area contributed by atoms with Crippen molar-refractivity contribution in [2.24, 2.45) is 11.8 Å². The maximum absolute atomic E-state index is 14.4. The summed E-state index contributed by atoms with van der Waals surface area (Å²) < 4.78 is 37.9. The molecule has 0 radical (unpaired) electrons. The zero-order chi connectivity index (χ0) is 27.7. The summed E-state index contributed by atoms with van der Waals surface area (Å²) >= 11 is 4.78. The van der Waals surface area contributed by atoms with Gasteiger partial charge in [-0.05, 0) is 43.7 Å². The molecule has 0 saturated heterocycles. The summed E-state index contributed by atoms with van der Waals surface area (Å²) in [6, 6.07) is 6.93. The molecule has 7 nitrogen and oxygen atoms in total. The Morgan fingerprint density at radius 2 is 1.57 bits per heavy atom. The summed E-state index contributed by atoms with van der Waals surface area (Å²) in [6.07, 6.45) is -0.241. The maximum Gasteiger partial charge on any atom is 0.315 e. The van der Waals surface area contributed by atoms with Crippen molar-refractivity contribution < 1.29 is 42.2 Å². The first-order chi connectivity index (χ1) is 17.5. The number of ether oxygens (including phenoxy) is 2. The molecule has 2 aromatic rings. The van der Waals surface area contributed by atoms with Crippen molar-refractivity contribution >= 4 is 53.0 Å². The van der Waals surface area contributed by atoms with Crippen molar-refractivity contribution in [1.82, 2.24) is 0 Å². The lowest BCUT2D eigenvalue weighted by Gasteiger charge is -2.16. The van der Waals surface area contributed by atoms with E-state index >= 15 is 0 Å². The lowest BCUT2D eigenvalue weighted by molar-refractivity contribution is -0.146. The predicted octanol–water partition coefficient (Wildman–Crippen LogP) is 4.70. The van der Waals surface area contributed by atoms with Gasteiger partial charge in [-0.3, -0.25) is 14.4 Å². The van der Waals surface area contributed by atoms with Gasteiger partial charge in [-0.2, -0.15) is 12.6 Å². The summed E-state index contributed by atoms with van der Waals surface area (Å²) in [5.41, 5.74) is 0.0999. The molecule has 0 fully saturated rings. The minimum Gasteiger partial charge on any atom is -0.469 e. The van der Waals surface area contributed by atoms with Crippen LogP contribution in [0.1, 0.15) is 37.0 Å². The van der Waals surface area contributed by atoms with E-state index in [1.54, 1.807) is 0 Å². The Bertz CT molecular complexity index is 1200. The van der Waals surface area contributed by atoms with Gasteiger partial charge in [-0.15, -0.1) is 0 Å². The van der Waals surface area contributed by atoms with E-state index in [0.29, 0.717) is 17.8 Å². The number of thioether (sulfide) groups is 1. The molecule has 0 aliphatic rings. The molecule has 0 aliphatic heterocycles. The van der Waals surface area contributed by atoms with Crippen molar-refractivity contribution in [2.75, 3.05) is 18.6 Å². The third-order valence-electron chi connectivity index (χ3n) is 5.22. The third kappa shape index (κ3) is 8.78. The average molecular weight is 553 g/mol. The first-order valence-electron chi connectivity index (χ1n) is 11.1. The molecule has 2 aromatic carbocycles. The summed E-state index contributed by atoms with van der Waals surface area (Å²) in [5, 5.41) is -0.626. The highest BCUT2D eigenvalue weighted by atomic mass is 32.2. The highest BCUT2D eigenvalue weighted by Crippen LogP contribution is 2.32. The molecule has 0 spiro atoms. The monoisotopic (exact) mass is 552 g/mol. The minimum atomic E-state index is -0.885. The van der Waals surface area contributed by atoms with E-state index in [9.17, 15) is 32.8 Å². The lowest BCUT2D eigenvalue weighted by atomic mass is 10.0. The standard InChI is InChI=1S/C26H26F2O7S2/c1-14(29)8-17(12-36)25(32)35-23-7-4-16(20-6-5-19(27)11-22(20)28)10-21(23)26(33)37-13-18(9-15(2)30)24(31)34-3/h4-7,10-11,17-18,36H,8-9,12-13H2,1-3H3. The highest BCUT2D eigenvalue weighted by molar-refractivity contribution is 8.14. The number of thiol groups is 1. The molecule has 0 aromatic heterocycles. The minimum absolute atomic E-state index is 0.00663. The fourth-order valence-electron chi connectivity index (χ4n) is 3.41. The van der Waals surface area contributed by atoms with Gasteiger partial charge < -0.3 is 19.1 Å². The number of rotatable bonds is 12. The second kappa shape index (κ2) is 14.0. The lowest BCUT2D eigenvalue weighted by Crippen LogP contribution is -2.25. The number of methoxy groups -OCH3 is 1. The number of hydrogen-bond acceptors (Lipinski definition) is 9. The number of carbonyl (C=O) groups is 5. The Labute approximate surface area is 222 Å². The topological polar surface area (TPSA) is 104 Å². The van der Waals surface area contributed by atoms with E-state index in [4.69, 9.17) is 9.47 Å². The average Bonchev–Trinajstić information content (AvgIpc) is 2.84. The molecular weight excluding hydrogens is 526 g/mol. The van der Waals surface area contributed by atoms with Gasteiger partial charge in [0, 0.05) is 36.0 Å². The molecule has 0 amide bonds. The van der Waals surface area contributed by atoms with Gasteiger partial charge in [0.05, 0.1) is 24.5 Å². The van der Waals surface area contributed by atoms with Crippen LogP contribution in [0.5, 0.6) is 5.75 Å². The summed E-state index contributed by atoms with van der Waals surface area (Å²) in [7, 11) is 1.17. The van der Waals surface area contributed by atoms with Crippen molar-refractivity contribution in [3.63, 3.8) is 0 Å². The summed E-state index contributed by atoms with van der Waals surface area (Å²) in [4.78, 5) is 60.9. The zero-order valence-electron chi connectivity index (χ0n) is 20.4. The van der Waals surface area contributed by atoms with Crippen LogP contribution in [0.15, 0.2) is 36.4 Å². The largest absolute Gasteiger partial charge is 0.469 e. The van der Waals surface area contributed by atoms with Crippen LogP contribution in [0.2, 0.25) is 0 Å². The summed E-state index contributed by atoms with van der Waals surface area (Å²) in [6.45, 7) is 2.62. The Kier molecular flexibility index (Phi) is 11.4. The van der Waals surface area contributed by atoms with Crippen LogP contribution in [-0.4, -0.2) is 47.2 Å². The van der Waals surface area contributed by atoms with Crippen LogP contribution in [0, 0.1) is 23.5 Å². The van der Waals surface area contributed by atoms with Crippen LogP contribution in [-0.2, 0) is 23.9 Å². The molecule has 198 valence electrons. The first kappa shape index (κ1) is 30.2. The van der Waals surface area contributed by atoms with Gasteiger partial charge in [0.1, 0.15) is 29.0 Å². The molecule has 11 heteroatoms. The fourth-order valence-corrected chi connectivity index (χ4v) is 4.61. The first-order valence-corrected chi connectivity index (χ1v) is 12.7. The van der Waals surface area contributed by atoms with Crippen LogP contribution >= 0.6 is 24.4 Å². The van der Waals surface area contributed by atoms with Gasteiger partial charge in [-0.25, -0.2) is 8.78 Å². The summed E-state index contributed by atoms with van der Waals surface area (Å²) in [5.74, 6) is -5.56. The zero-order valence-corrected chi connectivity index (χ0v) is 22.1. The van der Waals surface area contributed by atoms with Crippen LogP contribution < -0.4 is 4.74 Å². The Morgan fingerprint density at radius 1 is 0.919 bits per heavy atom. The van der Waals surface area contributed by atoms with Gasteiger partial charge in [0.15, 0.2) is 0 Å². The van der Waals surface area contributed by atoms with Crippen molar-refractivity contribution in [2.45, 2.75) is 26.7 Å².